The molecule has 106 valence electrons. The summed E-state index contributed by atoms with van der Waals surface area (Å²) < 4.78 is 5.82. The summed E-state index contributed by atoms with van der Waals surface area (Å²) >= 11 is 0. The van der Waals surface area contributed by atoms with E-state index in [1.54, 1.807) is 0 Å². The zero-order valence-electron chi connectivity index (χ0n) is 12.6. The summed E-state index contributed by atoms with van der Waals surface area (Å²) in [5.41, 5.74) is 1.24. The summed E-state index contributed by atoms with van der Waals surface area (Å²) in [6.45, 7) is 11.8. The fourth-order valence-corrected chi connectivity index (χ4v) is 2.03. The minimum absolute atomic E-state index is 0.482. The van der Waals surface area contributed by atoms with E-state index in [-0.39, 0.29) is 0 Å². The van der Waals surface area contributed by atoms with Crippen molar-refractivity contribution in [2.24, 2.45) is 0 Å². The van der Waals surface area contributed by atoms with E-state index in [9.17, 15) is 0 Å². The molecule has 0 spiro atoms. The molecule has 3 heteroatoms. The summed E-state index contributed by atoms with van der Waals surface area (Å²) in [5.74, 6) is 4.71. The standard InChI is InChI=1S/C16H26N2O/c1-6-8-18(9-7-2)12-16-10-15(14(5)19-16)11-17-13(3)4/h1,10,13,17H,7-9,11-12H2,2-5H3. The maximum Gasteiger partial charge on any atom is 0.118 e. The largest absolute Gasteiger partial charge is 0.465 e. The van der Waals surface area contributed by atoms with Crippen molar-refractivity contribution in [1.82, 2.24) is 10.2 Å². The fourth-order valence-electron chi connectivity index (χ4n) is 2.03. The molecule has 0 saturated heterocycles. The van der Waals surface area contributed by atoms with Crippen LogP contribution in [0.1, 0.15) is 44.3 Å². The molecule has 0 bridgehead atoms. The Bertz CT molecular complexity index is 415. The molecule has 1 aromatic rings. The molecule has 0 aliphatic rings. The molecule has 19 heavy (non-hydrogen) atoms. The quantitative estimate of drug-likeness (QED) is 0.730. The molecule has 0 aliphatic heterocycles. The van der Waals surface area contributed by atoms with Crippen molar-refractivity contribution in [3.8, 4) is 12.3 Å². The molecule has 0 amide bonds. The Morgan fingerprint density at radius 1 is 1.47 bits per heavy atom. The van der Waals surface area contributed by atoms with Crippen LogP contribution in [0.25, 0.3) is 0 Å². The van der Waals surface area contributed by atoms with Gasteiger partial charge in [0.25, 0.3) is 0 Å². The van der Waals surface area contributed by atoms with Crippen LogP contribution in [0.15, 0.2) is 10.5 Å². The molecule has 0 aliphatic carbocycles. The summed E-state index contributed by atoms with van der Waals surface area (Å²) in [6.07, 6.45) is 6.50. The molecule has 1 heterocycles. The smallest absolute Gasteiger partial charge is 0.118 e. The van der Waals surface area contributed by atoms with Crippen LogP contribution in [0.2, 0.25) is 0 Å². The Morgan fingerprint density at radius 3 is 2.79 bits per heavy atom. The summed E-state index contributed by atoms with van der Waals surface area (Å²) in [6, 6.07) is 2.62. The van der Waals surface area contributed by atoms with Gasteiger partial charge in [0.1, 0.15) is 11.5 Å². The van der Waals surface area contributed by atoms with E-state index in [0.29, 0.717) is 12.6 Å². The van der Waals surface area contributed by atoms with Gasteiger partial charge in [-0.3, -0.25) is 4.90 Å². The maximum atomic E-state index is 5.82. The number of aryl methyl sites for hydroxylation is 1. The van der Waals surface area contributed by atoms with Gasteiger partial charge in [0.15, 0.2) is 0 Å². The molecule has 3 nitrogen and oxygen atoms in total. The van der Waals surface area contributed by atoms with E-state index in [4.69, 9.17) is 10.8 Å². The first-order chi connectivity index (χ1) is 9.06. The molecule has 1 rings (SSSR count). The predicted molar refractivity (Wildman–Crippen MR) is 79.8 cm³/mol. The van der Waals surface area contributed by atoms with Gasteiger partial charge in [0.2, 0.25) is 0 Å². The minimum atomic E-state index is 0.482. The van der Waals surface area contributed by atoms with Crippen molar-refractivity contribution in [2.75, 3.05) is 13.1 Å². The second-order valence-electron chi connectivity index (χ2n) is 5.24. The topological polar surface area (TPSA) is 28.4 Å². The van der Waals surface area contributed by atoms with E-state index in [2.05, 4.69) is 43.0 Å². The van der Waals surface area contributed by atoms with Gasteiger partial charge in [0.05, 0.1) is 13.1 Å². The second kappa shape index (κ2) is 8.04. The molecule has 1 aromatic heterocycles. The van der Waals surface area contributed by atoms with Gasteiger partial charge >= 0.3 is 0 Å². The van der Waals surface area contributed by atoms with E-state index in [0.717, 1.165) is 37.6 Å². The van der Waals surface area contributed by atoms with Crippen LogP contribution in [0.5, 0.6) is 0 Å². The second-order valence-corrected chi connectivity index (χ2v) is 5.24. The van der Waals surface area contributed by atoms with Gasteiger partial charge < -0.3 is 9.73 Å². The predicted octanol–water partition coefficient (Wildman–Crippen LogP) is 2.93. The zero-order valence-corrected chi connectivity index (χ0v) is 12.6. The van der Waals surface area contributed by atoms with E-state index in [1.165, 1.54) is 5.56 Å². The van der Waals surface area contributed by atoms with Crippen LogP contribution in [-0.4, -0.2) is 24.0 Å². The minimum Gasteiger partial charge on any atom is -0.465 e. The molecular formula is C16H26N2O. The number of nitrogens with one attached hydrogen (secondary N) is 1. The van der Waals surface area contributed by atoms with Crippen molar-refractivity contribution >= 4 is 0 Å². The average Bonchev–Trinajstić information content (AvgIpc) is 2.67. The summed E-state index contributed by atoms with van der Waals surface area (Å²) in [7, 11) is 0. The fraction of sp³-hybridized carbons (Fsp3) is 0.625. The molecule has 0 atom stereocenters. The molecule has 0 saturated carbocycles. The number of rotatable bonds is 8. The van der Waals surface area contributed by atoms with Gasteiger partial charge in [-0.1, -0.05) is 26.7 Å². The highest BCUT2D eigenvalue weighted by Crippen LogP contribution is 2.16. The van der Waals surface area contributed by atoms with Gasteiger partial charge in [-0.15, -0.1) is 6.42 Å². The Kier molecular flexibility index (Phi) is 6.69. The third kappa shape index (κ3) is 5.50. The normalized spacial score (nSPS) is 11.2. The lowest BCUT2D eigenvalue weighted by Gasteiger charge is -2.16. The van der Waals surface area contributed by atoms with Crippen LogP contribution >= 0.6 is 0 Å². The Labute approximate surface area is 117 Å². The Morgan fingerprint density at radius 2 is 2.21 bits per heavy atom. The number of terminal acetylenes is 1. The molecule has 0 radical (unpaired) electrons. The molecule has 0 aromatic carbocycles. The highest BCUT2D eigenvalue weighted by atomic mass is 16.3. The highest BCUT2D eigenvalue weighted by Gasteiger charge is 2.11. The maximum absolute atomic E-state index is 5.82. The first-order valence-electron chi connectivity index (χ1n) is 7.04. The van der Waals surface area contributed by atoms with Gasteiger partial charge in [0, 0.05) is 18.2 Å². The van der Waals surface area contributed by atoms with Crippen LogP contribution < -0.4 is 5.32 Å². The van der Waals surface area contributed by atoms with E-state index >= 15 is 0 Å². The van der Waals surface area contributed by atoms with Crippen molar-refractivity contribution < 1.29 is 4.42 Å². The highest BCUT2D eigenvalue weighted by molar-refractivity contribution is 5.20. The first-order valence-corrected chi connectivity index (χ1v) is 7.04. The third-order valence-corrected chi connectivity index (χ3v) is 3.01. The molecular weight excluding hydrogens is 236 g/mol. The number of hydrogen-bond acceptors (Lipinski definition) is 3. The van der Waals surface area contributed by atoms with Crippen molar-refractivity contribution in [3.63, 3.8) is 0 Å². The molecule has 1 N–H and O–H groups in total. The number of nitrogens with zero attached hydrogens (tertiary/aromatic N) is 1. The number of hydrogen-bond donors (Lipinski definition) is 1. The summed E-state index contributed by atoms with van der Waals surface area (Å²) in [5, 5.41) is 3.41. The molecule has 0 fully saturated rings. The van der Waals surface area contributed by atoms with Crippen molar-refractivity contribution in [2.45, 2.75) is 53.2 Å². The lowest BCUT2D eigenvalue weighted by Crippen LogP contribution is -2.24. The third-order valence-electron chi connectivity index (χ3n) is 3.01. The molecule has 0 unspecified atom stereocenters. The van der Waals surface area contributed by atoms with E-state index in [1.807, 2.05) is 6.92 Å². The van der Waals surface area contributed by atoms with Crippen molar-refractivity contribution in [3.05, 3.63) is 23.2 Å². The van der Waals surface area contributed by atoms with Gasteiger partial charge in [-0.2, -0.15) is 0 Å². The van der Waals surface area contributed by atoms with Crippen LogP contribution in [-0.2, 0) is 13.1 Å². The van der Waals surface area contributed by atoms with Gasteiger partial charge in [-0.25, -0.2) is 0 Å². The lowest BCUT2D eigenvalue weighted by atomic mass is 10.2. The average molecular weight is 262 g/mol. The Balaban J connectivity index is 2.63. The Hall–Kier alpha value is -1.24. The van der Waals surface area contributed by atoms with Crippen LogP contribution in [0.4, 0.5) is 0 Å². The first kappa shape index (κ1) is 15.8. The van der Waals surface area contributed by atoms with Gasteiger partial charge in [-0.05, 0) is 26.0 Å². The van der Waals surface area contributed by atoms with Crippen molar-refractivity contribution in [1.29, 1.82) is 0 Å². The lowest BCUT2D eigenvalue weighted by molar-refractivity contribution is 0.270. The monoisotopic (exact) mass is 262 g/mol. The summed E-state index contributed by atoms with van der Waals surface area (Å²) in [4.78, 5) is 2.23. The SMILES string of the molecule is C#CCN(CCC)Cc1cc(CNC(C)C)c(C)o1. The zero-order chi connectivity index (χ0) is 14.3. The van der Waals surface area contributed by atoms with Crippen LogP contribution in [0, 0.1) is 19.3 Å². The van der Waals surface area contributed by atoms with Crippen LogP contribution in [0.3, 0.4) is 0 Å². The number of furan rings is 1. The van der Waals surface area contributed by atoms with E-state index < -0.39 is 0 Å².